The fraction of sp³-hybridized carbons (Fsp3) is 0.343. The molecular weight excluding hydrogens is 597 g/mol. The van der Waals surface area contributed by atoms with Crippen LogP contribution in [-0.2, 0) is 13.1 Å². The number of ether oxygens (including phenoxy) is 1. The second kappa shape index (κ2) is 10.7. The van der Waals surface area contributed by atoms with Crippen LogP contribution in [0.25, 0.3) is 39.4 Å². The summed E-state index contributed by atoms with van der Waals surface area (Å²) in [5, 5.41) is 5.56. The second-order valence-corrected chi connectivity index (χ2v) is 13.1. The van der Waals surface area contributed by atoms with Crippen LogP contribution < -0.4 is 10.5 Å². The first-order valence-corrected chi connectivity index (χ1v) is 16.2. The van der Waals surface area contributed by atoms with Crippen molar-refractivity contribution in [2.45, 2.75) is 50.9 Å². The molecular formula is C35H34FN9O2. The number of aromatic nitrogens is 7. The van der Waals surface area contributed by atoms with E-state index in [2.05, 4.69) is 31.3 Å². The SMILES string of the molecule is COc1cc(C(=O)N2CC3CCC2C3N)cc2nc(-c3cc4cccnc4n3CC3CC3)n(Cc3cnn(-c4ccc(F)cn4)c3)c12. The molecule has 1 aromatic carbocycles. The molecule has 9 rings (SSSR count). The summed E-state index contributed by atoms with van der Waals surface area (Å²) in [6.45, 7) is 1.96. The predicted octanol–water partition coefficient (Wildman–Crippen LogP) is 4.80. The van der Waals surface area contributed by atoms with Crippen molar-refractivity contribution in [3.05, 3.63) is 84.2 Å². The Bertz CT molecular complexity index is 2160. The highest BCUT2D eigenvalue weighted by molar-refractivity contribution is 6.00. The maximum absolute atomic E-state index is 13.9. The van der Waals surface area contributed by atoms with E-state index in [1.807, 2.05) is 35.5 Å². The minimum Gasteiger partial charge on any atom is -0.494 e. The molecule has 11 nitrogen and oxygen atoms in total. The number of fused-ring (bicyclic) bond motifs is 4. The van der Waals surface area contributed by atoms with Gasteiger partial charge in [-0.3, -0.25) is 4.79 Å². The molecule has 0 spiro atoms. The fourth-order valence-electron chi connectivity index (χ4n) is 7.58. The maximum atomic E-state index is 13.9. The van der Waals surface area contributed by atoms with Crippen molar-refractivity contribution in [2.75, 3.05) is 13.7 Å². The number of carbonyl (C=O) groups is 1. The number of nitrogens with zero attached hydrogens (tertiary/aromatic N) is 8. The molecule has 2 saturated carbocycles. The van der Waals surface area contributed by atoms with Crippen LogP contribution in [0.3, 0.4) is 0 Å². The molecule has 3 aliphatic rings. The monoisotopic (exact) mass is 631 g/mol. The number of piperidine rings is 1. The molecule has 3 atom stereocenters. The summed E-state index contributed by atoms with van der Waals surface area (Å²) in [5.74, 6) is 2.34. The van der Waals surface area contributed by atoms with Crippen molar-refractivity contribution in [3.8, 4) is 23.1 Å². The van der Waals surface area contributed by atoms with Gasteiger partial charge in [0.1, 0.15) is 22.7 Å². The zero-order valence-corrected chi connectivity index (χ0v) is 26.0. The largest absolute Gasteiger partial charge is 0.494 e. The van der Waals surface area contributed by atoms with Gasteiger partial charge in [0.05, 0.1) is 37.3 Å². The first kappa shape index (κ1) is 28.1. The van der Waals surface area contributed by atoms with Crippen molar-refractivity contribution in [1.82, 2.24) is 38.8 Å². The van der Waals surface area contributed by atoms with Crippen LogP contribution >= 0.6 is 0 Å². The molecule has 0 radical (unpaired) electrons. The molecule has 2 bridgehead atoms. The van der Waals surface area contributed by atoms with Gasteiger partial charge < -0.3 is 24.5 Å². The zero-order chi connectivity index (χ0) is 31.8. The predicted molar refractivity (Wildman–Crippen MR) is 174 cm³/mol. The van der Waals surface area contributed by atoms with Crippen molar-refractivity contribution in [1.29, 1.82) is 0 Å². The van der Waals surface area contributed by atoms with E-state index in [9.17, 15) is 9.18 Å². The molecule has 6 heterocycles. The summed E-state index contributed by atoms with van der Waals surface area (Å²) < 4.78 is 25.6. The Morgan fingerprint density at radius 1 is 1.06 bits per heavy atom. The minimum atomic E-state index is -0.406. The van der Waals surface area contributed by atoms with E-state index in [1.165, 1.54) is 25.1 Å². The highest BCUT2D eigenvalue weighted by atomic mass is 19.1. The Hall–Kier alpha value is -5.10. The lowest BCUT2D eigenvalue weighted by Gasteiger charge is -2.27. The molecule has 3 unspecified atom stereocenters. The van der Waals surface area contributed by atoms with Gasteiger partial charge in [0, 0.05) is 54.1 Å². The number of pyridine rings is 2. The Labute approximate surface area is 269 Å². The number of amides is 1. The number of halogens is 1. The Morgan fingerprint density at radius 2 is 1.96 bits per heavy atom. The Morgan fingerprint density at radius 3 is 2.70 bits per heavy atom. The molecule has 47 heavy (non-hydrogen) atoms. The molecule has 6 aromatic rings. The lowest BCUT2D eigenvalue weighted by atomic mass is 10.1. The summed E-state index contributed by atoms with van der Waals surface area (Å²) in [6.07, 6.45) is 11.1. The summed E-state index contributed by atoms with van der Waals surface area (Å²) in [7, 11) is 1.63. The third-order valence-electron chi connectivity index (χ3n) is 10.1. The lowest BCUT2D eigenvalue weighted by molar-refractivity contribution is 0.0700. The first-order valence-electron chi connectivity index (χ1n) is 16.2. The average molecular weight is 632 g/mol. The van der Waals surface area contributed by atoms with Crippen molar-refractivity contribution in [2.24, 2.45) is 17.6 Å². The van der Waals surface area contributed by atoms with E-state index >= 15 is 0 Å². The van der Waals surface area contributed by atoms with E-state index in [-0.39, 0.29) is 18.0 Å². The van der Waals surface area contributed by atoms with E-state index < -0.39 is 5.82 Å². The second-order valence-electron chi connectivity index (χ2n) is 13.1. The third kappa shape index (κ3) is 4.69. The molecule has 238 valence electrons. The van der Waals surface area contributed by atoms with Crippen LogP contribution in [0, 0.1) is 17.7 Å². The quantitative estimate of drug-likeness (QED) is 0.256. The van der Waals surface area contributed by atoms with E-state index in [4.69, 9.17) is 20.4 Å². The summed E-state index contributed by atoms with van der Waals surface area (Å²) in [6, 6.07) is 12.9. The van der Waals surface area contributed by atoms with Crippen LogP contribution in [0.2, 0.25) is 0 Å². The molecule has 2 aliphatic carbocycles. The van der Waals surface area contributed by atoms with Gasteiger partial charge in [-0.2, -0.15) is 5.10 Å². The maximum Gasteiger partial charge on any atom is 0.254 e. The van der Waals surface area contributed by atoms with Gasteiger partial charge in [-0.05, 0) is 80.0 Å². The van der Waals surface area contributed by atoms with Gasteiger partial charge in [0.25, 0.3) is 5.91 Å². The topological polar surface area (TPSA) is 122 Å². The normalized spacial score (nSPS) is 20.6. The Balaban J connectivity index is 1.19. The lowest BCUT2D eigenvalue weighted by Crippen LogP contribution is -2.41. The van der Waals surface area contributed by atoms with Gasteiger partial charge in [-0.15, -0.1) is 0 Å². The molecule has 12 heteroatoms. The number of hydrogen-bond acceptors (Lipinski definition) is 7. The fourth-order valence-corrected chi connectivity index (χ4v) is 7.58. The average Bonchev–Trinajstić information content (AvgIpc) is 3.39. The molecule has 1 aliphatic heterocycles. The third-order valence-corrected chi connectivity index (χ3v) is 10.1. The van der Waals surface area contributed by atoms with Crippen LogP contribution in [0.1, 0.15) is 41.6 Å². The molecule has 1 amide bonds. The van der Waals surface area contributed by atoms with Crippen LogP contribution in [0.4, 0.5) is 4.39 Å². The van der Waals surface area contributed by atoms with Crippen molar-refractivity contribution < 1.29 is 13.9 Å². The molecule has 5 aromatic heterocycles. The van der Waals surface area contributed by atoms with Crippen LogP contribution in [0.5, 0.6) is 5.75 Å². The molecule has 3 fully saturated rings. The Kier molecular flexibility index (Phi) is 6.43. The molecule has 1 saturated heterocycles. The van der Waals surface area contributed by atoms with E-state index in [0.29, 0.717) is 47.6 Å². The number of carbonyl (C=O) groups excluding carboxylic acids is 1. The van der Waals surface area contributed by atoms with Gasteiger partial charge in [-0.1, -0.05) is 0 Å². The van der Waals surface area contributed by atoms with Gasteiger partial charge in [-0.25, -0.2) is 24.0 Å². The minimum absolute atomic E-state index is 0.0309. The van der Waals surface area contributed by atoms with Gasteiger partial charge >= 0.3 is 0 Å². The number of hydrogen-bond donors (Lipinski definition) is 1. The van der Waals surface area contributed by atoms with Crippen molar-refractivity contribution in [3.63, 3.8) is 0 Å². The van der Waals surface area contributed by atoms with Crippen molar-refractivity contribution >= 4 is 28.0 Å². The van der Waals surface area contributed by atoms with Gasteiger partial charge in [0.15, 0.2) is 11.6 Å². The van der Waals surface area contributed by atoms with E-state index in [1.54, 1.807) is 24.1 Å². The summed E-state index contributed by atoms with van der Waals surface area (Å²) in [5.41, 5.74) is 11.2. The van der Waals surface area contributed by atoms with Crippen LogP contribution in [-0.4, -0.2) is 70.4 Å². The van der Waals surface area contributed by atoms with Gasteiger partial charge in [0.2, 0.25) is 0 Å². The smallest absolute Gasteiger partial charge is 0.254 e. The zero-order valence-electron chi connectivity index (χ0n) is 26.0. The number of likely N-dealkylation sites (tertiary alicyclic amines) is 1. The number of imidazole rings is 1. The van der Waals surface area contributed by atoms with E-state index in [0.717, 1.165) is 53.0 Å². The molecule has 2 N–H and O–H groups in total. The standard InChI is InChI=1S/C35H34FN9O2/c1-47-29-13-24(35(46)43-19-23-6-8-27(43)31(23)37)11-26-32(29)44(17-21-14-40-45(18-21)30-9-7-25(36)15-39-30)34(41-26)28-12-22-3-2-10-38-33(22)42(28)16-20-4-5-20/h2-3,7,9-15,18,20,23,27,31H,4-6,8,16-17,19,37H2,1H3. The summed E-state index contributed by atoms with van der Waals surface area (Å²) >= 11 is 0. The first-order chi connectivity index (χ1) is 22.9. The highest BCUT2D eigenvalue weighted by Gasteiger charge is 2.47. The number of nitrogens with two attached hydrogens (primary N) is 1. The number of benzene rings is 1. The van der Waals surface area contributed by atoms with Crippen LogP contribution in [0.15, 0.2) is 67.3 Å². The number of rotatable bonds is 8. The highest BCUT2D eigenvalue weighted by Crippen LogP contribution is 2.40. The summed E-state index contributed by atoms with van der Waals surface area (Å²) in [4.78, 5) is 30.0. The number of methoxy groups -OCH3 is 1.